The van der Waals surface area contributed by atoms with E-state index in [4.69, 9.17) is 23.2 Å². The summed E-state index contributed by atoms with van der Waals surface area (Å²) in [5.74, 6) is -2.17. The van der Waals surface area contributed by atoms with E-state index < -0.39 is 35.5 Å². The number of hydrogen-bond acceptors (Lipinski definition) is 8. The van der Waals surface area contributed by atoms with Crippen molar-refractivity contribution in [3.8, 4) is 11.1 Å². The Balaban J connectivity index is 1.47. The summed E-state index contributed by atoms with van der Waals surface area (Å²) in [5, 5.41) is 21.9. The van der Waals surface area contributed by atoms with Gasteiger partial charge in [0.25, 0.3) is 11.8 Å². The lowest BCUT2D eigenvalue weighted by Gasteiger charge is -2.12. The molecule has 0 saturated carbocycles. The largest absolute Gasteiger partial charge is 0.324 e. The lowest BCUT2D eigenvalue weighted by Crippen LogP contribution is -2.32. The number of Topliss-reactive ketones (excluding diaryl/α,β-unsaturated/α-hetero) is 2. The van der Waals surface area contributed by atoms with Crippen LogP contribution in [-0.4, -0.2) is 35.5 Å². The molecule has 4 aromatic carbocycles. The molecule has 0 spiro atoms. The third-order valence-corrected chi connectivity index (χ3v) is 7.34. The minimum absolute atomic E-state index is 0.228. The fourth-order valence-electron chi connectivity index (χ4n) is 4.30. The maximum absolute atomic E-state index is 12.8. The number of benzene rings is 4. The number of rotatable bonds is 11. The van der Waals surface area contributed by atoms with Crippen molar-refractivity contribution < 1.29 is 19.2 Å². The van der Waals surface area contributed by atoms with E-state index in [1.54, 1.807) is 72.8 Å². The quantitative estimate of drug-likeness (QED) is 0.123. The number of ketones is 2. The zero-order valence-corrected chi connectivity index (χ0v) is 26.9. The van der Waals surface area contributed by atoms with E-state index >= 15 is 0 Å². The Kier molecular flexibility index (Phi) is 11.2. The first-order valence-corrected chi connectivity index (χ1v) is 14.8. The number of anilines is 2. The predicted molar refractivity (Wildman–Crippen MR) is 179 cm³/mol. The fourth-order valence-corrected chi connectivity index (χ4v) is 4.74. The molecule has 10 nitrogen and oxygen atoms in total. The standard InChI is InChI=1S/C34H30Cl2N6O4/c1-19-10-13-28(20(2)16-19)38-34(46)32(22(4)44)42-40-30-15-12-24(18-27(30)36)23-11-14-29(26(35)17-23)39-41-31(21(3)43)33(45)37-25-8-6-5-7-9-25/h5-18,31-32H,1-4H3,(H,37,45)(H,38,46)/t31-,32+/m0/s1. The predicted octanol–water partition coefficient (Wildman–Crippen LogP) is 8.64. The Morgan fingerprint density at radius 1 is 0.630 bits per heavy atom. The Morgan fingerprint density at radius 2 is 1.13 bits per heavy atom. The van der Waals surface area contributed by atoms with Gasteiger partial charge in [-0.2, -0.15) is 20.5 Å². The summed E-state index contributed by atoms with van der Waals surface area (Å²) >= 11 is 13.0. The van der Waals surface area contributed by atoms with Gasteiger partial charge in [-0.1, -0.05) is 71.2 Å². The van der Waals surface area contributed by atoms with Crippen LogP contribution in [0, 0.1) is 13.8 Å². The average Bonchev–Trinajstić information content (AvgIpc) is 3.00. The fraction of sp³-hybridized carbons (Fsp3) is 0.176. The average molecular weight is 658 g/mol. The molecule has 2 N–H and O–H groups in total. The molecule has 2 atom stereocenters. The summed E-state index contributed by atoms with van der Waals surface area (Å²) in [4.78, 5) is 49.8. The monoisotopic (exact) mass is 656 g/mol. The van der Waals surface area contributed by atoms with E-state index in [0.717, 1.165) is 11.1 Å². The molecule has 0 aliphatic carbocycles. The number of aryl methyl sites for hydroxylation is 2. The van der Waals surface area contributed by atoms with Crippen molar-refractivity contribution in [3.63, 3.8) is 0 Å². The highest BCUT2D eigenvalue weighted by atomic mass is 35.5. The molecule has 234 valence electrons. The van der Waals surface area contributed by atoms with Crippen LogP contribution in [0.4, 0.5) is 22.7 Å². The molecule has 0 aromatic heterocycles. The van der Waals surface area contributed by atoms with Crippen molar-refractivity contribution in [3.05, 3.63) is 106 Å². The molecule has 46 heavy (non-hydrogen) atoms. The van der Waals surface area contributed by atoms with Crippen LogP contribution in [0.2, 0.25) is 10.0 Å². The summed E-state index contributed by atoms with van der Waals surface area (Å²) in [7, 11) is 0. The first kappa shape index (κ1) is 33.8. The molecule has 12 heteroatoms. The van der Waals surface area contributed by atoms with Crippen LogP contribution in [0.5, 0.6) is 0 Å². The van der Waals surface area contributed by atoms with Gasteiger partial charge in [0.15, 0.2) is 11.6 Å². The van der Waals surface area contributed by atoms with Crippen LogP contribution in [0.1, 0.15) is 25.0 Å². The smallest absolute Gasteiger partial charge is 0.258 e. The first-order valence-electron chi connectivity index (χ1n) is 14.1. The molecule has 0 saturated heterocycles. The number of hydrogen-bond donors (Lipinski definition) is 2. The molecule has 4 aromatic rings. The van der Waals surface area contributed by atoms with E-state index in [-0.39, 0.29) is 21.4 Å². The van der Waals surface area contributed by atoms with Gasteiger partial charge < -0.3 is 10.6 Å². The van der Waals surface area contributed by atoms with Gasteiger partial charge in [-0.15, -0.1) is 0 Å². The number of para-hydroxylation sites is 1. The molecular formula is C34H30Cl2N6O4. The van der Waals surface area contributed by atoms with Gasteiger partial charge in [0.2, 0.25) is 12.1 Å². The zero-order chi connectivity index (χ0) is 33.4. The lowest BCUT2D eigenvalue weighted by atomic mass is 10.0. The third-order valence-electron chi connectivity index (χ3n) is 6.74. The lowest BCUT2D eigenvalue weighted by molar-refractivity contribution is -0.127. The highest BCUT2D eigenvalue weighted by Gasteiger charge is 2.25. The topological polar surface area (TPSA) is 142 Å². The molecule has 0 aliphatic rings. The van der Waals surface area contributed by atoms with E-state index in [2.05, 4.69) is 31.1 Å². The number of carbonyl (C=O) groups is 4. The number of azo groups is 2. The van der Waals surface area contributed by atoms with Gasteiger partial charge in [-0.25, -0.2) is 0 Å². The van der Waals surface area contributed by atoms with Crippen molar-refractivity contribution in [1.82, 2.24) is 0 Å². The van der Waals surface area contributed by atoms with E-state index in [1.165, 1.54) is 13.8 Å². The highest BCUT2D eigenvalue weighted by molar-refractivity contribution is 6.34. The van der Waals surface area contributed by atoms with Crippen molar-refractivity contribution >= 4 is 69.3 Å². The summed E-state index contributed by atoms with van der Waals surface area (Å²) in [6, 6.07) is 21.5. The number of amides is 2. The van der Waals surface area contributed by atoms with Crippen LogP contribution >= 0.6 is 23.2 Å². The van der Waals surface area contributed by atoms with Gasteiger partial charge in [-0.05, 0) is 86.8 Å². The van der Waals surface area contributed by atoms with Crippen molar-refractivity contribution in [2.45, 2.75) is 39.8 Å². The zero-order valence-electron chi connectivity index (χ0n) is 25.4. The van der Waals surface area contributed by atoms with E-state index in [1.807, 2.05) is 26.0 Å². The van der Waals surface area contributed by atoms with Gasteiger partial charge in [-0.3, -0.25) is 19.2 Å². The molecule has 0 aliphatic heterocycles. The second-order valence-electron chi connectivity index (χ2n) is 10.5. The first-order chi connectivity index (χ1) is 21.9. The molecule has 2 amide bonds. The van der Waals surface area contributed by atoms with Crippen LogP contribution in [0.15, 0.2) is 105 Å². The Labute approximate surface area is 275 Å². The van der Waals surface area contributed by atoms with Gasteiger partial charge >= 0.3 is 0 Å². The Hall–Kier alpha value is -5.06. The Bertz CT molecular complexity index is 1860. The van der Waals surface area contributed by atoms with Gasteiger partial charge in [0.1, 0.15) is 11.4 Å². The molecule has 0 radical (unpaired) electrons. The second-order valence-corrected chi connectivity index (χ2v) is 11.3. The molecule has 0 fully saturated rings. The van der Waals surface area contributed by atoms with E-state index in [9.17, 15) is 19.2 Å². The van der Waals surface area contributed by atoms with Gasteiger partial charge in [0.05, 0.1) is 10.0 Å². The number of carbonyl (C=O) groups excluding carboxylic acids is 4. The maximum atomic E-state index is 12.8. The number of nitrogens with zero attached hydrogens (tertiary/aromatic N) is 4. The summed E-state index contributed by atoms with van der Waals surface area (Å²) in [5.41, 5.74) is 4.91. The number of nitrogens with one attached hydrogen (secondary N) is 2. The molecule has 4 rings (SSSR count). The second kappa shape index (κ2) is 15.3. The number of halogens is 2. The van der Waals surface area contributed by atoms with E-state index in [0.29, 0.717) is 22.5 Å². The minimum atomic E-state index is -1.36. The van der Waals surface area contributed by atoms with Crippen LogP contribution in [0.25, 0.3) is 11.1 Å². The molecule has 0 bridgehead atoms. The Morgan fingerprint density at radius 3 is 1.59 bits per heavy atom. The summed E-state index contributed by atoms with van der Waals surface area (Å²) in [6.07, 6.45) is 0. The molecule has 0 heterocycles. The van der Waals surface area contributed by atoms with Crippen LogP contribution in [0.3, 0.4) is 0 Å². The molecule has 0 unspecified atom stereocenters. The minimum Gasteiger partial charge on any atom is -0.324 e. The maximum Gasteiger partial charge on any atom is 0.258 e. The highest BCUT2D eigenvalue weighted by Crippen LogP contribution is 2.35. The van der Waals surface area contributed by atoms with Crippen molar-refractivity contribution in [2.24, 2.45) is 20.5 Å². The normalized spacial score (nSPS) is 12.6. The van der Waals surface area contributed by atoms with Crippen molar-refractivity contribution in [2.75, 3.05) is 10.6 Å². The van der Waals surface area contributed by atoms with Crippen LogP contribution < -0.4 is 10.6 Å². The summed E-state index contributed by atoms with van der Waals surface area (Å²) < 4.78 is 0. The third kappa shape index (κ3) is 8.77. The molecular weight excluding hydrogens is 627 g/mol. The van der Waals surface area contributed by atoms with Crippen molar-refractivity contribution in [1.29, 1.82) is 0 Å². The SMILES string of the molecule is CC(=O)[C@@H](N=Nc1ccc(-c2ccc(N=N[C@@H](C(C)=O)C(=O)Nc3ccccc3)c(Cl)c2)cc1Cl)C(=O)Nc1ccc(C)cc1C. The van der Waals surface area contributed by atoms with Crippen LogP contribution in [-0.2, 0) is 19.2 Å². The van der Waals surface area contributed by atoms with Gasteiger partial charge in [0, 0.05) is 11.4 Å². The summed E-state index contributed by atoms with van der Waals surface area (Å²) in [6.45, 7) is 6.33.